The lowest BCUT2D eigenvalue weighted by Crippen LogP contribution is -2.47. The van der Waals surface area contributed by atoms with Crippen molar-refractivity contribution >= 4 is 41.4 Å². The molecule has 1 aromatic rings. The van der Waals surface area contributed by atoms with Crippen molar-refractivity contribution in [3.8, 4) is 0 Å². The number of carbonyl (C=O) groups excluding carboxylic acids is 3. The third-order valence-electron chi connectivity index (χ3n) is 2.84. The molecule has 0 heterocycles. The van der Waals surface area contributed by atoms with Crippen molar-refractivity contribution in [3.05, 3.63) is 28.8 Å². The van der Waals surface area contributed by atoms with E-state index in [1.165, 1.54) is 25.3 Å². The highest BCUT2D eigenvalue weighted by atomic mass is 35.5. The Labute approximate surface area is 174 Å². The van der Waals surface area contributed by atoms with Gasteiger partial charge in [-0.25, -0.2) is 19.4 Å². The van der Waals surface area contributed by atoms with Gasteiger partial charge in [0.2, 0.25) is 5.96 Å². The fourth-order valence-electron chi connectivity index (χ4n) is 1.85. The molecule has 9 nitrogen and oxygen atoms in total. The number of benzene rings is 1. The third-order valence-corrected chi connectivity index (χ3v) is 3.16. The minimum atomic E-state index is -0.854. The fourth-order valence-corrected chi connectivity index (χ4v) is 2.01. The van der Waals surface area contributed by atoms with Crippen LogP contribution in [0.15, 0.2) is 23.2 Å². The zero-order valence-electron chi connectivity index (χ0n) is 17.5. The molecule has 0 aromatic heterocycles. The molecule has 0 spiro atoms. The summed E-state index contributed by atoms with van der Waals surface area (Å²) in [4.78, 5) is 40.1. The maximum Gasteiger partial charge on any atom is 0.414 e. The van der Waals surface area contributed by atoms with Crippen LogP contribution in [0.4, 0.5) is 15.3 Å². The first-order valence-electron chi connectivity index (χ1n) is 8.67. The largest absolute Gasteiger partial charge is 0.465 e. The molecule has 1 aromatic carbocycles. The first-order chi connectivity index (χ1) is 13.2. The molecule has 0 saturated heterocycles. The van der Waals surface area contributed by atoms with Crippen molar-refractivity contribution < 1.29 is 28.6 Å². The topological polar surface area (TPSA) is 115 Å². The normalized spacial score (nSPS) is 11.2. The Morgan fingerprint density at radius 3 is 1.83 bits per heavy atom. The molecular weight excluding hydrogens is 402 g/mol. The van der Waals surface area contributed by atoms with Crippen LogP contribution in [0, 0.1) is 0 Å². The molecule has 0 aliphatic rings. The summed E-state index contributed by atoms with van der Waals surface area (Å²) in [6.45, 7) is 10.1. The van der Waals surface area contributed by atoms with Crippen LogP contribution in [0.5, 0.6) is 0 Å². The predicted molar refractivity (Wildman–Crippen MR) is 109 cm³/mol. The van der Waals surface area contributed by atoms with E-state index >= 15 is 0 Å². The summed E-state index contributed by atoms with van der Waals surface area (Å²) in [5.41, 5.74) is -1.26. The Hall–Kier alpha value is -2.81. The van der Waals surface area contributed by atoms with Gasteiger partial charge in [-0.15, -0.1) is 0 Å². The number of nitrogens with one attached hydrogen (secondary N) is 2. The van der Waals surface area contributed by atoms with Gasteiger partial charge in [-0.1, -0.05) is 11.6 Å². The Kier molecular flexibility index (Phi) is 8.02. The number of nitrogens with zero attached hydrogens (tertiary/aromatic N) is 1. The third kappa shape index (κ3) is 9.29. The molecule has 2 N–H and O–H groups in total. The number of methoxy groups -OCH3 is 1. The molecule has 29 heavy (non-hydrogen) atoms. The van der Waals surface area contributed by atoms with Crippen LogP contribution in [0.3, 0.4) is 0 Å². The molecule has 10 heteroatoms. The second kappa shape index (κ2) is 9.60. The van der Waals surface area contributed by atoms with E-state index in [0.29, 0.717) is 0 Å². The van der Waals surface area contributed by atoms with Gasteiger partial charge < -0.3 is 14.2 Å². The number of aliphatic imine (C=N–C) groups is 1. The van der Waals surface area contributed by atoms with E-state index in [1.807, 2.05) is 0 Å². The van der Waals surface area contributed by atoms with E-state index in [0.717, 1.165) is 0 Å². The number of hydrogen-bond acceptors (Lipinski definition) is 7. The van der Waals surface area contributed by atoms with E-state index in [-0.39, 0.29) is 22.2 Å². The van der Waals surface area contributed by atoms with E-state index in [9.17, 15) is 14.4 Å². The highest BCUT2D eigenvalue weighted by Gasteiger charge is 2.21. The second-order valence-corrected chi connectivity index (χ2v) is 8.28. The van der Waals surface area contributed by atoms with Gasteiger partial charge in [-0.3, -0.25) is 10.6 Å². The molecule has 0 unspecified atom stereocenters. The Bertz CT molecular complexity index is 777. The molecule has 1 rings (SSSR count). The van der Waals surface area contributed by atoms with Gasteiger partial charge in [0, 0.05) is 0 Å². The molecule has 0 saturated carbocycles. The van der Waals surface area contributed by atoms with Crippen molar-refractivity contribution in [3.63, 3.8) is 0 Å². The summed E-state index contributed by atoms with van der Waals surface area (Å²) in [5.74, 6) is -0.891. The molecule has 0 aliphatic carbocycles. The lowest BCUT2D eigenvalue weighted by Gasteiger charge is -2.22. The van der Waals surface area contributed by atoms with E-state index in [4.69, 9.17) is 21.1 Å². The lowest BCUT2D eigenvalue weighted by atomic mass is 10.2. The Balaban J connectivity index is 3.23. The predicted octanol–water partition coefficient (Wildman–Crippen LogP) is 4.16. The van der Waals surface area contributed by atoms with Gasteiger partial charge in [0.25, 0.3) is 0 Å². The molecule has 0 radical (unpaired) electrons. The summed E-state index contributed by atoms with van der Waals surface area (Å²) in [6.07, 6.45) is -1.71. The van der Waals surface area contributed by atoms with Crippen LogP contribution in [-0.4, -0.2) is 42.4 Å². The minimum Gasteiger partial charge on any atom is -0.465 e. The molecule has 0 fully saturated rings. The zero-order chi connectivity index (χ0) is 22.4. The van der Waals surface area contributed by atoms with Crippen LogP contribution in [0.25, 0.3) is 0 Å². The summed E-state index contributed by atoms with van der Waals surface area (Å²) in [6, 6.07) is 4.24. The molecule has 160 valence electrons. The van der Waals surface area contributed by atoms with Crippen LogP contribution in [0.2, 0.25) is 5.02 Å². The van der Waals surface area contributed by atoms with Crippen LogP contribution in [-0.2, 0) is 14.2 Å². The monoisotopic (exact) mass is 427 g/mol. The van der Waals surface area contributed by atoms with Gasteiger partial charge >= 0.3 is 18.2 Å². The van der Waals surface area contributed by atoms with Crippen molar-refractivity contribution in [1.29, 1.82) is 0 Å². The zero-order valence-corrected chi connectivity index (χ0v) is 18.3. The minimum absolute atomic E-state index is 0.108. The summed E-state index contributed by atoms with van der Waals surface area (Å²) >= 11 is 6.13. The fraction of sp³-hybridized carbons (Fsp3) is 0.474. The first kappa shape index (κ1) is 24.2. The van der Waals surface area contributed by atoms with Crippen molar-refractivity contribution in [1.82, 2.24) is 10.6 Å². The van der Waals surface area contributed by atoms with Gasteiger partial charge in [-0.2, -0.15) is 0 Å². The first-order valence-corrected chi connectivity index (χ1v) is 9.04. The number of guanidine groups is 1. The Morgan fingerprint density at radius 2 is 1.41 bits per heavy atom. The second-order valence-electron chi connectivity index (χ2n) is 7.87. The molecular formula is C19H26ClN3O6. The maximum absolute atomic E-state index is 12.1. The van der Waals surface area contributed by atoms with Gasteiger partial charge in [0.15, 0.2) is 0 Å². The van der Waals surface area contributed by atoms with Crippen molar-refractivity contribution in [2.75, 3.05) is 7.11 Å². The van der Waals surface area contributed by atoms with Gasteiger partial charge in [0.05, 0.1) is 23.4 Å². The quantitative estimate of drug-likeness (QED) is 0.317. The summed E-state index contributed by atoms with van der Waals surface area (Å²) in [5, 5.41) is 4.83. The molecule has 0 aliphatic heterocycles. The molecule has 0 atom stereocenters. The number of carbonyl (C=O) groups is 3. The number of ether oxygens (including phenoxy) is 3. The number of amides is 2. The smallest absolute Gasteiger partial charge is 0.414 e. The van der Waals surface area contributed by atoms with E-state index in [1.54, 1.807) is 41.5 Å². The number of esters is 1. The lowest BCUT2D eigenvalue weighted by molar-refractivity contribution is 0.0541. The van der Waals surface area contributed by atoms with E-state index in [2.05, 4.69) is 20.4 Å². The van der Waals surface area contributed by atoms with Gasteiger partial charge in [0.1, 0.15) is 11.2 Å². The summed E-state index contributed by atoms with van der Waals surface area (Å²) in [7, 11) is 1.24. The average molecular weight is 428 g/mol. The van der Waals surface area contributed by atoms with Crippen molar-refractivity contribution in [2.24, 2.45) is 4.99 Å². The summed E-state index contributed by atoms with van der Waals surface area (Å²) < 4.78 is 15.0. The van der Waals surface area contributed by atoms with E-state index < -0.39 is 29.4 Å². The molecule has 2 amide bonds. The number of halogens is 1. The van der Waals surface area contributed by atoms with Crippen LogP contribution in [0.1, 0.15) is 51.9 Å². The molecule has 0 bridgehead atoms. The van der Waals surface area contributed by atoms with Gasteiger partial charge in [-0.05, 0) is 59.7 Å². The SMILES string of the molecule is COC(=O)c1ccc(Cl)c(N=C(NC(=O)OC(C)(C)C)NC(=O)OC(C)(C)C)c1. The number of rotatable bonds is 2. The Morgan fingerprint density at radius 1 is 0.931 bits per heavy atom. The highest BCUT2D eigenvalue weighted by molar-refractivity contribution is 6.33. The average Bonchev–Trinajstić information content (AvgIpc) is 2.52. The van der Waals surface area contributed by atoms with Crippen LogP contribution < -0.4 is 10.6 Å². The van der Waals surface area contributed by atoms with Crippen molar-refractivity contribution in [2.45, 2.75) is 52.7 Å². The highest BCUT2D eigenvalue weighted by Crippen LogP contribution is 2.26. The number of alkyl carbamates (subject to hydrolysis) is 2. The number of hydrogen-bond donors (Lipinski definition) is 2. The maximum atomic E-state index is 12.1. The standard InChI is InChI=1S/C19H26ClN3O6/c1-18(2,3)28-16(25)22-15(23-17(26)29-19(4,5)6)21-13-10-11(14(24)27-7)8-9-12(13)20/h8-10H,1-7H3,(H2,21,22,23,25,26). The van der Waals surface area contributed by atoms with Crippen LogP contribution >= 0.6 is 11.6 Å².